The van der Waals surface area contributed by atoms with Crippen molar-refractivity contribution in [1.29, 1.82) is 0 Å². The Bertz CT molecular complexity index is 1310. The minimum Gasteiger partial charge on any atom is -0.497 e. The van der Waals surface area contributed by atoms with E-state index in [-0.39, 0.29) is 42.1 Å². The number of benzene rings is 3. The lowest BCUT2D eigenvalue weighted by molar-refractivity contribution is 0.0949. The summed E-state index contributed by atoms with van der Waals surface area (Å²) in [6, 6.07) is 19.8. The fourth-order valence-corrected chi connectivity index (χ4v) is 3.59. The number of nitrogens with zero attached hydrogens (tertiary/aromatic N) is 2. The van der Waals surface area contributed by atoms with Crippen molar-refractivity contribution in [2.75, 3.05) is 13.7 Å². The van der Waals surface area contributed by atoms with Crippen LogP contribution in [-0.2, 0) is 19.6 Å². The molecule has 8 heteroatoms. The molecule has 0 unspecified atom stereocenters. The number of carbonyl (C=O) groups excluding carboxylic acids is 1. The minimum atomic E-state index is -0.377. The van der Waals surface area contributed by atoms with Gasteiger partial charge in [0.1, 0.15) is 29.6 Å². The number of hydrogen-bond acceptors (Lipinski definition) is 4. The quantitative estimate of drug-likeness (QED) is 0.357. The smallest absolute Gasteiger partial charge is 0.258 e. The Kier molecular flexibility index (Phi) is 7.72. The summed E-state index contributed by atoms with van der Waals surface area (Å²) in [7, 11) is 1.60. The molecular formula is C27H25F2N3O3. The van der Waals surface area contributed by atoms with E-state index in [9.17, 15) is 13.6 Å². The average molecular weight is 478 g/mol. The molecule has 1 N–H and O–H groups in total. The van der Waals surface area contributed by atoms with Crippen LogP contribution in [0, 0.1) is 11.6 Å². The molecule has 0 aliphatic rings. The molecule has 0 bridgehead atoms. The van der Waals surface area contributed by atoms with Gasteiger partial charge in [0.25, 0.3) is 5.91 Å². The van der Waals surface area contributed by atoms with Gasteiger partial charge in [-0.2, -0.15) is 0 Å². The van der Waals surface area contributed by atoms with E-state index >= 15 is 0 Å². The summed E-state index contributed by atoms with van der Waals surface area (Å²) >= 11 is 0. The van der Waals surface area contributed by atoms with Crippen LogP contribution >= 0.6 is 0 Å². The van der Waals surface area contributed by atoms with E-state index in [1.54, 1.807) is 37.6 Å². The first-order valence-corrected chi connectivity index (χ1v) is 11.1. The molecule has 0 saturated carbocycles. The monoisotopic (exact) mass is 477 g/mol. The Morgan fingerprint density at radius 2 is 1.63 bits per heavy atom. The number of methoxy groups -OCH3 is 1. The zero-order valence-electron chi connectivity index (χ0n) is 19.2. The van der Waals surface area contributed by atoms with Crippen molar-refractivity contribution in [3.63, 3.8) is 0 Å². The number of halogens is 2. The molecule has 4 aromatic rings. The zero-order valence-corrected chi connectivity index (χ0v) is 19.2. The van der Waals surface area contributed by atoms with E-state index in [2.05, 4.69) is 10.4 Å². The number of rotatable bonds is 10. The molecule has 1 heterocycles. The number of carbonyl (C=O) groups is 1. The van der Waals surface area contributed by atoms with Crippen LogP contribution in [0.5, 0.6) is 11.6 Å². The Balaban J connectivity index is 1.48. The molecular weight excluding hydrogens is 452 g/mol. The van der Waals surface area contributed by atoms with E-state index in [4.69, 9.17) is 9.47 Å². The first-order valence-electron chi connectivity index (χ1n) is 11.1. The number of amides is 1. The Hall–Kier alpha value is -4.20. The van der Waals surface area contributed by atoms with Crippen LogP contribution < -0.4 is 14.8 Å². The van der Waals surface area contributed by atoms with Gasteiger partial charge in [-0.05, 0) is 59.5 Å². The van der Waals surface area contributed by atoms with Gasteiger partial charge in [-0.3, -0.25) is 9.48 Å². The van der Waals surface area contributed by atoms with Gasteiger partial charge in [-0.1, -0.05) is 36.4 Å². The summed E-state index contributed by atoms with van der Waals surface area (Å²) in [6.45, 7) is 0.689. The van der Waals surface area contributed by atoms with Gasteiger partial charge in [0.05, 0.1) is 13.7 Å². The SMILES string of the molecule is COc1cccc(CCNC(=O)c2cn(Cc3cccc(F)c3)nc2OCc2cccc(F)c2)c1. The summed E-state index contributed by atoms with van der Waals surface area (Å²) in [5.41, 5.74) is 2.56. The fraction of sp³-hybridized carbons (Fsp3) is 0.185. The Morgan fingerprint density at radius 3 is 2.37 bits per heavy atom. The van der Waals surface area contributed by atoms with Gasteiger partial charge >= 0.3 is 0 Å². The lowest BCUT2D eigenvalue weighted by Crippen LogP contribution is -2.25. The van der Waals surface area contributed by atoms with Crippen LogP contribution in [0.3, 0.4) is 0 Å². The van der Waals surface area contributed by atoms with Crippen molar-refractivity contribution >= 4 is 5.91 Å². The molecule has 0 fully saturated rings. The minimum absolute atomic E-state index is 0.0405. The number of aromatic nitrogens is 2. The predicted octanol–water partition coefficient (Wildman–Crippen LogP) is 4.77. The normalized spacial score (nSPS) is 10.7. The predicted molar refractivity (Wildman–Crippen MR) is 127 cm³/mol. The highest BCUT2D eigenvalue weighted by molar-refractivity contribution is 5.96. The maximum atomic E-state index is 13.6. The van der Waals surface area contributed by atoms with E-state index in [0.717, 1.165) is 11.3 Å². The second kappa shape index (κ2) is 11.3. The third-order valence-corrected chi connectivity index (χ3v) is 5.30. The van der Waals surface area contributed by atoms with Crippen LogP contribution in [0.2, 0.25) is 0 Å². The summed E-state index contributed by atoms with van der Waals surface area (Å²) in [4.78, 5) is 13.0. The van der Waals surface area contributed by atoms with E-state index in [1.807, 2.05) is 24.3 Å². The number of nitrogens with one attached hydrogen (secondary N) is 1. The molecule has 0 radical (unpaired) electrons. The van der Waals surface area contributed by atoms with Crippen LogP contribution in [-0.4, -0.2) is 29.3 Å². The average Bonchev–Trinajstić information content (AvgIpc) is 3.25. The molecule has 1 aromatic heterocycles. The van der Waals surface area contributed by atoms with Crippen molar-refractivity contribution in [1.82, 2.24) is 15.1 Å². The molecule has 35 heavy (non-hydrogen) atoms. The highest BCUT2D eigenvalue weighted by atomic mass is 19.1. The second-order valence-corrected chi connectivity index (χ2v) is 7.95. The van der Waals surface area contributed by atoms with Gasteiger partial charge in [0.2, 0.25) is 5.88 Å². The molecule has 0 saturated heterocycles. The summed E-state index contributed by atoms with van der Waals surface area (Å²) in [6.07, 6.45) is 2.17. The van der Waals surface area contributed by atoms with Crippen LogP contribution in [0.25, 0.3) is 0 Å². The maximum Gasteiger partial charge on any atom is 0.258 e. The highest BCUT2D eigenvalue weighted by Crippen LogP contribution is 2.20. The van der Waals surface area contributed by atoms with Crippen LogP contribution in [0.4, 0.5) is 8.78 Å². The van der Waals surface area contributed by atoms with Crippen LogP contribution in [0.15, 0.2) is 79.0 Å². The Morgan fingerprint density at radius 1 is 0.943 bits per heavy atom. The molecule has 0 aliphatic carbocycles. The van der Waals surface area contributed by atoms with Crippen molar-refractivity contribution in [2.24, 2.45) is 0 Å². The number of hydrogen-bond donors (Lipinski definition) is 1. The lowest BCUT2D eigenvalue weighted by atomic mass is 10.1. The highest BCUT2D eigenvalue weighted by Gasteiger charge is 2.18. The van der Waals surface area contributed by atoms with Gasteiger partial charge in [-0.15, -0.1) is 5.10 Å². The first kappa shape index (κ1) is 23.9. The third-order valence-electron chi connectivity index (χ3n) is 5.30. The topological polar surface area (TPSA) is 65.4 Å². The van der Waals surface area contributed by atoms with Crippen molar-refractivity contribution < 1.29 is 23.0 Å². The van der Waals surface area contributed by atoms with Crippen molar-refractivity contribution in [3.05, 3.63) is 113 Å². The molecule has 1 amide bonds. The van der Waals surface area contributed by atoms with E-state index in [1.165, 1.54) is 28.9 Å². The maximum absolute atomic E-state index is 13.6. The molecule has 3 aromatic carbocycles. The standard InChI is InChI=1S/C27H25F2N3O3/c1-34-24-10-4-5-19(15-24)11-12-30-26(33)25-17-32(16-20-6-2-8-22(28)13-20)31-27(25)35-18-21-7-3-9-23(29)14-21/h2-10,13-15,17H,11-12,16,18H2,1H3,(H,30,33). The third kappa shape index (κ3) is 6.66. The summed E-state index contributed by atoms with van der Waals surface area (Å²) < 4.78 is 39.7. The van der Waals surface area contributed by atoms with E-state index < -0.39 is 0 Å². The van der Waals surface area contributed by atoms with E-state index in [0.29, 0.717) is 24.1 Å². The molecule has 6 nitrogen and oxygen atoms in total. The molecule has 0 spiro atoms. The fourth-order valence-electron chi connectivity index (χ4n) is 3.59. The zero-order chi connectivity index (χ0) is 24.6. The summed E-state index contributed by atoms with van der Waals surface area (Å²) in [5.74, 6) is -0.219. The van der Waals surface area contributed by atoms with Crippen LogP contribution in [0.1, 0.15) is 27.0 Å². The van der Waals surface area contributed by atoms with Crippen molar-refractivity contribution in [2.45, 2.75) is 19.6 Å². The van der Waals surface area contributed by atoms with Gasteiger partial charge in [0, 0.05) is 12.7 Å². The van der Waals surface area contributed by atoms with Gasteiger partial charge < -0.3 is 14.8 Å². The lowest BCUT2D eigenvalue weighted by Gasteiger charge is -2.08. The first-order chi connectivity index (χ1) is 17.0. The van der Waals surface area contributed by atoms with Gasteiger partial charge in [-0.25, -0.2) is 8.78 Å². The second-order valence-electron chi connectivity index (χ2n) is 7.95. The Labute approximate surface area is 202 Å². The number of ether oxygens (including phenoxy) is 2. The van der Waals surface area contributed by atoms with Gasteiger partial charge in [0.15, 0.2) is 0 Å². The van der Waals surface area contributed by atoms with Crippen molar-refractivity contribution in [3.8, 4) is 11.6 Å². The molecule has 0 atom stereocenters. The molecule has 4 rings (SSSR count). The summed E-state index contributed by atoms with van der Waals surface area (Å²) in [5, 5.41) is 7.27. The largest absolute Gasteiger partial charge is 0.497 e. The molecule has 0 aliphatic heterocycles. The molecule has 180 valence electrons.